The van der Waals surface area contributed by atoms with E-state index in [4.69, 9.17) is 14.2 Å². The van der Waals surface area contributed by atoms with Crippen molar-refractivity contribution in [1.82, 2.24) is 0 Å². The van der Waals surface area contributed by atoms with Gasteiger partial charge in [-0.05, 0) is 44.9 Å². The van der Waals surface area contributed by atoms with Crippen molar-refractivity contribution in [1.29, 1.82) is 0 Å². The third-order valence-electron chi connectivity index (χ3n) is 12.5. The van der Waals surface area contributed by atoms with Crippen molar-refractivity contribution in [3.05, 3.63) is 12.2 Å². The minimum Gasteiger partial charge on any atom is -0.462 e. The standard InChI is InChI=1S/C56H106O6/c1-4-7-10-13-16-19-22-25-28-29-32-34-37-40-43-46-49-55(58)61-52-53(62-56(59)50-47-44-41-38-35-31-27-24-21-18-15-12-9-6-3)51-60-54(57)48-45-42-39-36-33-30-26-23-20-17-14-11-8-5-2/h31,35,53H,4-30,32-34,36-52H2,1-3H3/b35-31-. The highest BCUT2D eigenvalue weighted by molar-refractivity contribution is 5.71. The van der Waals surface area contributed by atoms with Crippen LogP contribution in [0.3, 0.4) is 0 Å². The summed E-state index contributed by atoms with van der Waals surface area (Å²) in [4.78, 5) is 38.0. The van der Waals surface area contributed by atoms with Gasteiger partial charge in [-0.15, -0.1) is 0 Å². The molecule has 6 heteroatoms. The quantitative estimate of drug-likeness (QED) is 0.0262. The van der Waals surface area contributed by atoms with Crippen LogP contribution < -0.4 is 0 Å². The van der Waals surface area contributed by atoms with E-state index in [1.54, 1.807) is 0 Å². The van der Waals surface area contributed by atoms with Gasteiger partial charge in [-0.3, -0.25) is 14.4 Å². The molecular formula is C56H106O6. The molecule has 62 heavy (non-hydrogen) atoms. The maximum Gasteiger partial charge on any atom is 0.306 e. The first kappa shape index (κ1) is 60.2. The number of esters is 3. The van der Waals surface area contributed by atoms with E-state index in [-0.39, 0.29) is 31.1 Å². The van der Waals surface area contributed by atoms with E-state index in [2.05, 4.69) is 32.9 Å². The summed E-state index contributed by atoms with van der Waals surface area (Å²) in [6.45, 7) is 6.67. The van der Waals surface area contributed by atoms with Crippen LogP contribution in [0.2, 0.25) is 0 Å². The molecule has 0 aliphatic heterocycles. The van der Waals surface area contributed by atoms with Crippen LogP contribution in [-0.4, -0.2) is 37.2 Å². The van der Waals surface area contributed by atoms with Crippen LogP contribution in [0.5, 0.6) is 0 Å². The van der Waals surface area contributed by atoms with Gasteiger partial charge in [-0.25, -0.2) is 0 Å². The molecule has 0 radical (unpaired) electrons. The molecule has 1 atom stereocenters. The minimum absolute atomic E-state index is 0.0703. The molecule has 0 aromatic rings. The van der Waals surface area contributed by atoms with E-state index in [9.17, 15) is 14.4 Å². The summed E-state index contributed by atoms with van der Waals surface area (Å²) in [7, 11) is 0. The van der Waals surface area contributed by atoms with Crippen molar-refractivity contribution >= 4 is 17.9 Å². The number of carbonyl (C=O) groups excluding carboxylic acids is 3. The molecule has 0 rings (SSSR count). The van der Waals surface area contributed by atoms with Gasteiger partial charge in [-0.2, -0.15) is 0 Å². The third-order valence-corrected chi connectivity index (χ3v) is 12.5. The lowest BCUT2D eigenvalue weighted by Gasteiger charge is -2.18. The highest BCUT2D eigenvalue weighted by Crippen LogP contribution is 2.17. The second-order valence-corrected chi connectivity index (χ2v) is 18.9. The second-order valence-electron chi connectivity index (χ2n) is 18.9. The molecule has 0 saturated carbocycles. The average molecular weight is 875 g/mol. The molecule has 0 amide bonds. The van der Waals surface area contributed by atoms with Gasteiger partial charge >= 0.3 is 17.9 Å². The fourth-order valence-electron chi connectivity index (χ4n) is 8.32. The molecule has 0 heterocycles. The van der Waals surface area contributed by atoms with Gasteiger partial charge in [0.05, 0.1) is 0 Å². The SMILES string of the molecule is CCCCCCCCC/C=C\CCCCCC(=O)OC(COC(=O)CCCCCCCCCCCCCCCC)COC(=O)CCCCCCCCCCCCCCCCCC. The average Bonchev–Trinajstić information content (AvgIpc) is 3.27. The van der Waals surface area contributed by atoms with E-state index < -0.39 is 6.10 Å². The van der Waals surface area contributed by atoms with E-state index in [1.165, 1.54) is 199 Å². The number of hydrogen-bond donors (Lipinski definition) is 0. The zero-order valence-electron chi connectivity index (χ0n) is 41.9. The van der Waals surface area contributed by atoms with Gasteiger partial charge in [-0.1, -0.05) is 258 Å². The molecule has 0 N–H and O–H groups in total. The van der Waals surface area contributed by atoms with Gasteiger partial charge < -0.3 is 14.2 Å². The number of carbonyl (C=O) groups is 3. The Labute approximate surface area is 386 Å². The lowest BCUT2D eigenvalue weighted by atomic mass is 10.0. The summed E-state index contributed by atoms with van der Waals surface area (Å²) >= 11 is 0. The zero-order valence-corrected chi connectivity index (χ0v) is 41.9. The molecule has 0 aromatic heterocycles. The monoisotopic (exact) mass is 875 g/mol. The van der Waals surface area contributed by atoms with Crippen molar-refractivity contribution in [2.45, 2.75) is 316 Å². The largest absolute Gasteiger partial charge is 0.462 e. The molecule has 6 nitrogen and oxygen atoms in total. The topological polar surface area (TPSA) is 78.9 Å². The second kappa shape index (κ2) is 51.8. The van der Waals surface area contributed by atoms with Crippen LogP contribution in [0.15, 0.2) is 12.2 Å². The lowest BCUT2D eigenvalue weighted by molar-refractivity contribution is -0.167. The molecule has 0 aromatic carbocycles. The molecule has 0 aliphatic rings. The van der Waals surface area contributed by atoms with Crippen LogP contribution in [0, 0.1) is 0 Å². The Bertz CT molecular complexity index is 962. The highest BCUT2D eigenvalue weighted by Gasteiger charge is 2.19. The molecule has 1 unspecified atom stereocenters. The Morgan fingerprint density at radius 2 is 0.532 bits per heavy atom. The van der Waals surface area contributed by atoms with Crippen molar-refractivity contribution in [3.63, 3.8) is 0 Å². The molecule has 366 valence electrons. The van der Waals surface area contributed by atoms with Gasteiger partial charge in [0.15, 0.2) is 6.10 Å². The fourth-order valence-corrected chi connectivity index (χ4v) is 8.32. The summed E-state index contributed by atoms with van der Waals surface area (Å²) in [6.07, 6.45) is 57.7. The number of hydrogen-bond acceptors (Lipinski definition) is 6. The Balaban J connectivity index is 4.33. The zero-order chi connectivity index (χ0) is 45.1. The van der Waals surface area contributed by atoms with E-state index in [1.807, 2.05) is 0 Å². The predicted molar refractivity (Wildman–Crippen MR) is 266 cm³/mol. The number of rotatable bonds is 51. The summed E-state index contributed by atoms with van der Waals surface area (Å²) in [5.41, 5.74) is 0. The van der Waals surface area contributed by atoms with Gasteiger partial charge in [0, 0.05) is 19.3 Å². The first-order valence-corrected chi connectivity index (χ1v) is 27.7. The maximum absolute atomic E-state index is 12.8. The van der Waals surface area contributed by atoms with E-state index in [0.29, 0.717) is 19.3 Å². The molecule has 0 saturated heterocycles. The fraction of sp³-hybridized carbons (Fsp3) is 0.911. The van der Waals surface area contributed by atoms with Crippen LogP contribution in [0.25, 0.3) is 0 Å². The molecule has 0 bridgehead atoms. The van der Waals surface area contributed by atoms with Crippen molar-refractivity contribution < 1.29 is 28.6 Å². The van der Waals surface area contributed by atoms with Crippen molar-refractivity contribution in [3.8, 4) is 0 Å². The van der Waals surface area contributed by atoms with E-state index >= 15 is 0 Å². The van der Waals surface area contributed by atoms with Crippen LogP contribution in [0.1, 0.15) is 310 Å². The Morgan fingerprint density at radius 1 is 0.306 bits per heavy atom. The number of allylic oxidation sites excluding steroid dienone is 2. The number of ether oxygens (including phenoxy) is 3. The first-order valence-electron chi connectivity index (χ1n) is 27.7. The van der Waals surface area contributed by atoms with Crippen LogP contribution >= 0.6 is 0 Å². The predicted octanol–water partition coefficient (Wildman–Crippen LogP) is 18.2. The lowest BCUT2D eigenvalue weighted by Crippen LogP contribution is -2.30. The van der Waals surface area contributed by atoms with Crippen molar-refractivity contribution in [2.75, 3.05) is 13.2 Å². The summed E-state index contributed by atoms with van der Waals surface area (Å²) in [5, 5.41) is 0. The summed E-state index contributed by atoms with van der Waals surface area (Å²) in [5.74, 6) is -0.865. The van der Waals surface area contributed by atoms with Gasteiger partial charge in [0.1, 0.15) is 13.2 Å². The highest BCUT2D eigenvalue weighted by atomic mass is 16.6. The molecule has 0 fully saturated rings. The van der Waals surface area contributed by atoms with Crippen LogP contribution in [-0.2, 0) is 28.6 Å². The van der Waals surface area contributed by atoms with Crippen LogP contribution in [0.4, 0.5) is 0 Å². The number of unbranched alkanes of at least 4 members (excludes halogenated alkanes) is 38. The summed E-state index contributed by atoms with van der Waals surface area (Å²) in [6, 6.07) is 0. The Morgan fingerprint density at radius 3 is 0.823 bits per heavy atom. The van der Waals surface area contributed by atoms with Gasteiger partial charge in [0.25, 0.3) is 0 Å². The molecular weight excluding hydrogens is 769 g/mol. The Hall–Kier alpha value is -1.85. The van der Waals surface area contributed by atoms with Gasteiger partial charge in [0.2, 0.25) is 0 Å². The van der Waals surface area contributed by atoms with E-state index in [0.717, 1.165) is 70.6 Å². The first-order chi connectivity index (χ1) is 30.5. The molecule has 0 aliphatic carbocycles. The Kier molecular flexibility index (Phi) is 50.2. The summed E-state index contributed by atoms with van der Waals surface area (Å²) < 4.78 is 16.8. The normalized spacial score (nSPS) is 12.0. The smallest absolute Gasteiger partial charge is 0.306 e. The minimum atomic E-state index is -0.771. The maximum atomic E-state index is 12.8. The van der Waals surface area contributed by atoms with Crippen molar-refractivity contribution in [2.24, 2.45) is 0 Å². The third kappa shape index (κ3) is 49.2. The molecule has 0 spiro atoms.